The molecule has 9 aromatic rings. The molecule has 0 radical (unpaired) electrons. The van der Waals surface area contributed by atoms with Crippen LogP contribution in [0.4, 0.5) is 0 Å². The number of rotatable bonds is 3. The van der Waals surface area contributed by atoms with Crippen LogP contribution >= 0.6 is 0 Å². The first-order valence-electron chi connectivity index (χ1n) is 18.0. The van der Waals surface area contributed by atoms with Crippen LogP contribution in [0.2, 0.25) is 0 Å². The molecule has 1 aliphatic rings. The molecule has 0 N–H and O–H groups in total. The summed E-state index contributed by atoms with van der Waals surface area (Å²) in [6.07, 6.45) is 2.38. The zero-order valence-corrected chi connectivity index (χ0v) is 29.2. The number of aromatic nitrogens is 2. The van der Waals surface area contributed by atoms with E-state index in [1.807, 2.05) is 0 Å². The van der Waals surface area contributed by atoms with Crippen LogP contribution in [0.5, 0.6) is 0 Å². The summed E-state index contributed by atoms with van der Waals surface area (Å²) in [5, 5.41) is 7.74. The third kappa shape index (κ3) is 4.15. The average molecular weight is 645 g/mol. The lowest BCUT2D eigenvalue weighted by atomic mass is 9.63. The molecule has 7 aromatic carbocycles. The Bertz CT molecular complexity index is 2790. The molecule has 0 bridgehead atoms. The van der Waals surface area contributed by atoms with Crippen LogP contribution in [0.3, 0.4) is 0 Å². The minimum atomic E-state index is 0.118. The van der Waals surface area contributed by atoms with Gasteiger partial charge in [-0.05, 0) is 99.7 Å². The molecule has 2 aromatic heterocycles. The van der Waals surface area contributed by atoms with Crippen molar-refractivity contribution < 1.29 is 0 Å². The van der Waals surface area contributed by atoms with Crippen molar-refractivity contribution in [3.8, 4) is 22.5 Å². The van der Waals surface area contributed by atoms with E-state index in [4.69, 9.17) is 0 Å². The molecular formula is C48H40N2. The number of hydrogen-bond acceptors (Lipinski definition) is 0. The van der Waals surface area contributed by atoms with Crippen molar-refractivity contribution >= 4 is 54.4 Å². The number of hydrogen-bond donors (Lipinski definition) is 0. The molecule has 2 heterocycles. The topological polar surface area (TPSA) is 9.86 Å². The number of nitrogens with zero attached hydrogens (tertiary/aromatic N) is 2. The Labute approximate surface area is 293 Å². The molecule has 50 heavy (non-hydrogen) atoms. The Morgan fingerprint density at radius 3 is 1.80 bits per heavy atom. The van der Waals surface area contributed by atoms with E-state index in [1.54, 1.807) is 0 Å². The molecule has 2 heteroatoms. The standard InChI is InChI=1S/C48H40N2/c1-47(2)25-26-48(3,4)40-30-45-36(27-39(40)47)37-28-44-38(29-43(37)49(45)33-18-9-6-10-19-33)46-35-21-12-11-17-32(35)23-24-42(46)50(44)41-22-14-13-20-34(41)31-15-7-5-8-16-31/h5-24,27-30H,25-26H2,1-4H3. The summed E-state index contributed by atoms with van der Waals surface area (Å²) < 4.78 is 5.05. The number of fused-ring (bicyclic) bond motifs is 9. The predicted octanol–water partition coefficient (Wildman–Crippen LogP) is 13.0. The van der Waals surface area contributed by atoms with Crippen molar-refractivity contribution in [1.82, 2.24) is 9.13 Å². The van der Waals surface area contributed by atoms with Crippen LogP contribution < -0.4 is 0 Å². The highest BCUT2D eigenvalue weighted by Gasteiger charge is 2.38. The first-order chi connectivity index (χ1) is 24.3. The minimum absolute atomic E-state index is 0.118. The summed E-state index contributed by atoms with van der Waals surface area (Å²) in [5.74, 6) is 0. The Hall–Kier alpha value is -5.60. The molecule has 0 atom stereocenters. The van der Waals surface area contributed by atoms with Gasteiger partial charge < -0.3 is 9.13 Å². The number of benzene rings is 7. The van der Waals surface area contributed by atoms with Gasteiger partial charge in [-0.1, -0.05) is 125 Å². The quantitative estimate of drug-likeness (QED) is 0.181. The average Bonchev–Trinajstić information content (AvgIpc) is 3.64. The largest absolute Gasteiger partial charge is 0.309 e. The molecule has 2 nitrogen and oxygen atoms in total. The second-order valence-corrected chi connectivity index (χ2v) is 15.6. The lowest BCUT2D eigenvalue weighted by Gasteiger charge is -2.42. The van der Waals surface area contributed by atoms with Crippen LogP contribution in [0.25, 0.3) is 76.9 Å². The van der Waals surface area contributed by atoms with Gasteiger partial charge in [-0.25, -0.2) is 0 Å². The van der Waals surface area contributed by atoms with Gasteiger partial charge in [-0.15, -0.1) is 0 Å². The van der Waals surface area contributed by atoms with Crippen LogP contribution in [-0.4, -0.2) is 9.13 Å². The predicted molar refractivity (Wildman–Crippen MR) is 213 cm³/mol. The fraction of sp³-hybridized carbons (Fsp3) is 0.167. The van der Waals surface area contributed by atoms with E-state index in [0.29, 0.717) is 0 Å². The van der Waals surface area contributed by atoms with Crippen molar-refractivity contribution in [2.75, 3.05) is 0 Å². The number of para-hydroxylation sites is 2. The third-order valence-corrected chi connectivity index (χ3v) is 11.8. The summed E-state index contributed by atoms with van der Waals surface area (Å²) in [4.78, 5) is 0. The Morgan fingerprint density at radius 2 is 1.02 bits per heavy atom. The normalized spacial score (nSPS) is 15.4. The van der Waals surface area contributed by atoms with Gasteiger partial charge in [0.15, 0.2) is 0 Å². The van der Waals surface area contributed by atoms with E-state index in [2.05, 4.69) is 182 Å². The van der Waals surface area contributed by atoms with Gasteiger partial charge in [-0.2, -0.15) is 0 Å². The van der Waals surface area contributed by atoms with Gasteiger partial charge in [-0.3, -0.25) is 0 Å². The fourth-order valence-electron chi connectivity index (χ4n) is 9.00. The van der Waals surface area contributed by atoms with Crippen LogP contribution in [0.15, 0.2) is 146 Å². The highest BCUT2D eigenvalue weighted by atomic mass is 15.0. The Balaban J connectivity index is 1.42. The molecule has 0 amide bonds. The van der Waals surface area contributed by atoms with Crippen molar-refractivity contribution in [3.63, 3.8) is 0 Å². The van der Waals surface area contributed by atoms with Crippen LogP contribution in [0, 0.1) is 0 Å². The van der Waals surface area contributed by atoms with Crippen molar-refractivity contribution in [2.45, 2.75) is 51.4 Å². The monoisotopic (exact) mass is 644 g/mol. The summed E-state index contributed by atoms with van der Waals surface area (Å²) in [6.45, 7) is 9.73. The summed E-state index contributed by atoms with van der Waals surface area (Å²) in [6, 6.07) is 54.2. The van der Waals surface area contributed by atoms with Crippen LogP contribution in [-0.2, 0) is 10.8 Å². The van der Waals surface area contributed by atoms with Gasteiger partial charge in [0.25, 0.3) is 0 Å². The maximum atomic E-state index is 2.56. The highest BCUT2D eigenvalue weighted by molar-refractivity contribution is 6.25. The second-order valence-electron chi connectivity index (χ2n) is 15.6. The molecular weight excluding hydrogens is 605 g/mol. The summed E-state index contributed by atoms with van der Waals surface area (Å²) >= 11 is 0. The highest BCUT2D eigenvalue weighted by Crippen LogP contribution is 2.49. The van der Waals surface area contributed by atoms with Gasteiger partial charge in [0.05, 0.1) is 27.8 Å². The van der Waals surface area contributed by atoms with Crippen LogP contribution in [0.1, 0.15) is 51.7 Å². The zero-order chi connectivity index (χ0) is 33.8. The molecule has 0 spiro atoms. The van der Waals surface area contributed by atoms with E-state index in [9.17, 15) is 0 Å². The van der Waals surface area contributed by atoms with Gasteiger partial charge in [0.1, 0.15) is 0 Å². The first kappa shape index (κ1) is 29.3. The van der Waals surface area contributed by atoms with Crippen molar-refractivity contribution in [2.24, 2.45) is 0 Å². The maximum absolute atomic E-state index is 2.56. The fourth-order valence-corrected chi connectivity index (χ4v) is 9.00. The molecule has 0 saturated carbocycles. The molecule has 0 unspecified atom stereocenters. The zero-order valence-electron chi connectivity index (χ0n) is 29.2. The van der Waals surface area contributed by atoms with E-state index in [0.717, 1.165) is 0 Å². The third-order valence-electron chi connectivity index (χ3n) is 11.8. The molecule has 1 aliphatic carbocycles. The maximum Gasteiger partial charge on any atom is 0.0549 e. The van der Waals surface area contributed by atoms with E-state index >= 15 is 0 Å². The lowest BCUT2D eigenvalue weighted by Crippen LogP contribution is -2.33. The molecule has 0 saturated heterocycles. The SMILES string of the molecule is CC1(C)CCC(C)(C)c2cc3c(cc21)c1cc2c(cc1n3-c1ccccc1)c1c3ccccc3ccc1n2-c1ccccc1-c1ccccc1. The minimum Gasteiger partial charge on any atom is -0.309 e. The first-order valence-corrected chi connectivity index (χ1v) is 18.0. The lowest BCUT2D eigenvalue weighted by molar-refractivity contribution is 0.332. The molecule has 10 rings (SSSR count). The molecule has 242 valence electrons. The summed E-state index contributed by atoms with van der Waals surface area (Å²) in [5.41, 5.74) is 13.1. The Morgan fingerprint density at radius 1 is 0.440 bits per heavy atom. The Kier molecular flexibility index (Phi) is 6.13. The van der Waals surface area contributed by atoms with Gasteiger partial charge >= 0.3 is 0 Å². The molecule has 0 fully saturated rings. The van der Waals surface area contributed by atoms with E-state index < -0.39 is 0 Å². The second kappa shape index (κ2) is 10.5. The molecule has 0 aliphatic heterocycles. The van der Waals surface area contributed by atoms with Gasteiger partial charge in [0.2, 0.25) is 0 Å². The van der Waals surface area contributed by atoms with Crippen molar-refractivity contribution in [3.05, 3.63) is 157 Å². The van der Waals surface area contributed by atoms with E-state index in [-0.39, 0.29) is 10.8 Å². The van der Waals surface area contributed by atoms with E-state index in [1.165, 1.54) is 101 Å². The smallest absolute Gasteiger partial charge is 0.0549 e. The van der Waals surface area contributed by atoms with Gasteiger partial charge in [0, 0.05) is 32.8 Å². The van der Waals surface area contributed by atoms with Crippen molar-refractivity contribution in [1.29, 1.82) is 0 Å². The summed E-state index contributed by atoms with van der Waals surface area (Å²) in [7, 11) is 0.